The molecule has 0 aromatic carbocycles. The molecule has 2 nitrogen and oxygen atoms in total. The second kappa shape index (κ2) is 8.00. The Balaban J connectivity index is 3.12. The van der Waals surface area contributed by atoms with Crippen LogP contribution in [-0.2, 0) is 9.22 Å². The van der Waals surface area contributed by atoms with Crippen molar-refractivity contribution in [2.24, 2.45) is 17.8 Å². The van der Waals surface area contributed by atoms with Crippen molar-refractivity contribution in [2.45, 2.75) is 91.8 Å². The lowest BCUT2D eigenvalue weighted by molar-refractivity contribution is -0.124. The maximum absolute atomic E-state index is 12.2. The normalized spacial score (nSPS) is 25.9. The minimum Gasteiger partial charge on any atom is -0.546 e. The summed E-state index contributed by atoms with van der Waals surface area (Å²) in [5, 5.41) is 0. The van der Waals surface area contributed by atoms with Crippen molar-refractivity contribution in [3.8, 4) is 0 Å². The third kappa shape index (κ3) is 4.10. The second-order valence-electron chi connectivity index (χ2n) is 8.41. The monoisotopic (exact) mass is 338 g/mol. The van der Waals surface area contributed by atoms with Crippen molar-refractivity contribution >= 4 is 14.1 Å². The molecule has 0 amide bonds. The van der Waals surface area contributed by atoms with Crippen LogP contribution in [0.1, 0.15) is 75.2 Å². The highest BCUT2D eigenvalue weighted by Gasteiger charge is 2.48. The molecule has 1 rings (SSSR count). The summed E-state index contributed by atoms with van der Waals surface area (Å²) in [6.07, 6.45) is 3.86. The number of ketones is 1. The van der Waals surface area contributed by atoms with Gasteiger partial charge in [0.15, 0.2) is 0 Å². The van der Waals surface area contributed by atoms with Crippen LogP contribution in [0.5, 0.6) is 0 Å². The average Bonchev–Trinajstić information content (AvgIpc) is 2.45. The summed E-state index contributed by atoms with van der Waals surface area (Å²) in [4.78, 5) is 12.2. The first-order valence-corrected chi connectivity index (χ1v) is 11.6. The molecule has 0 N–H and O–H groups in total. The smallest absolute Gasteiger partial charge is 0.258 e. The number of Topliss-reactive ketones (excluding diaryl/α,β-unsaturated/α-hetero) is 1. The van der Waals surface area contributed by atoms with Crippen LogP contribution in [0.15, 0.2) is 11.8 Å². The summed E-state index contributed by atoms with van der Waals surface area (Å²) in [5.41, 5.74) is 1.75. The highest BCUT2D eigenvalue weighted by atomic mass is 28.4. The minimum absolute atomic E-state index is 0.176. The van der Waals surface area contributed by atoms with E-state index in [1.54, 1.807) is 0 Å². The van der Waals surface area contributed by atoms with Crippen molar-refractivity contribution in [1.29, 1.82) is 0 Å². The van der Waals surface area contributed by atoms with E-state index in [9.17, 15) is 4.79 Å². The molecule has 3 atom stereocenters. The van der Waals surface area contributed by atoms with Gasteiger partial charge in [-0.1, -0.05) is 62.3 Å². The predicted octanol–water partition coefficient (Wildman–Crippen LogP) is 6.33. The van der Waals surface area contributed by atoms with Crippen LogP contribution in [0, 0.1) is 17.8 Å². The summed E-state index contributed by atoms with van der Waals surface area (Å²) in [6, 6.07) is 0. The van der Waals surface area contributed by atoms with Gasteiger partial charge in [0.1, 0.15) is 5.78 Å². The molecule has 0 bridgehead atoms. The minimum atomic E-state index is -1.90. The van der Waals surface area contributed by atoms with Gasteiger partial charge in [-0.2, -0.15) is 0 Å². The number of carbonyl (C=O) groups excluding carboxylic acids is 1. The third-order valence-corrected chi connectivity index (χ3v) is 11.9. The summed E-state index contributed by atoms with van der Waals surface area (Å²) in [7, 11) is -1.90. The fraction of sp³-hybridized carbons (Fsp3) is 0.850. The molecule has 0 aromatic heterocycles. The Morgan fingerprint density at radius 1 is 1.13 bits per heavy atom. The fourth-order valence-electron chi connectivity index (χ4n) is 4.63. The second-order valence-corrected chi connectivity index (χ2v) is 13.8. The number of carbonyl (C=O) groups is 1. The lowest BCUT2D eigenvalue weighted by Gasteiger charge is -2.45. The van der Waals surface area contributed by atoms with Crippen molar-refractivity contribution in [3.05, 3.63) is 11.8 Å². The predicted molar refractivity (Wildman–Crippen MR) is 102 cm³/mol. The Bertz CT molecular complexity index is 415. The Morgan fingerprint density at radius 3 is 2.00 bits per heavy atom. The van der Waals surface area contributed by atoms with E-state index in [2.05, 4.69) is 61.5 Å². The van der Waals surface area contributed by atoms with E-state index in [4.69, 9.17) is 4.43 Å². The zero-order chi connectivity index (χ0) is 17.9. The van der Waals surface area contributed by atoms with Crippen LogP contribution in [0.25, 0.3) is 0 Å². The van der Waals surface area contributed by atoms with E-state index < -0.39 is 8.32 Å². The maximum Gasteiger partial charge on any atom is 0.258 e. The fourth-order valence-corrected chi connectivity index (χ4v) is 10.0. The van der Waals surface area contributed by atoms with Gasteiger partial charge >= 0.3 is 0 Å². The van der Waals surface area contributed by atoms with Gasteiger partial charge in [-0.3, -0.25) is 4.79 Å². The van der Waals surface area contributed by atoms with Crippen LogP contribution in [0.3, 0.4) is 0 Å². The van der Waals surface area contributed by atoms with Crippen LogP contribution < -0.4 is 0 Å². The summed E-state index contributed by atoms with van der Waals surface area (Å²) in [6.45, 7) is 20.3. The van der Waals surface area contributed by atoms with Crippen LogP contribution in [-0.4, -0.2) is 14.1 Å². The van der Waals surface area contributed by atoms with E-state index in [1.807, 2.05) is 6.92 Å². The number of allylic oxidation sites excluding steroid dienone is 2. The molecule has 0 aromatic rings. The zero-order valence-corrected chi connectivity index (χ0v) is 17.8. The van der Waals surface area contributed by atoms with Gasteiger partial charge in [-0.25, -0.2) is 0 Å². The van der Waals surface area contributed by atoms with E-state index in [0.717, 1.165) is 6.42 Å². The van der Waals surface area contributed by atoms with E-state index in [1.165, 1.54) is 5.76 Å². The topological polar surface area (TPSA) is 26.3 Å². The first kappa shape index (κ1) is 20.5. The van der Waals surface area contributed by atoms with Gasteiger partial charge < -0.3 is 4.43 Å². The standard InChI is InChI=1S/C20H38O2Si/c1-10-19(21)18-11-17(9)20(12-16(18)8)22-23(13(2)3,14(4)5)15(6)7/h12-18H,10-11H2,1-9H3/t16-,17-,18+/m0/s1. The maximum atomic E-state index is 12.2. The molecule has 0 saturated heterocycles. The van der Waals surface area contributed by atoms with Gasteiger partial charge in [-0.15, -0.1) is 0 Å². The third-order valence-electron chi connectivity index (χ3n) is 5.92. The lowest BCUT2D eigenvalue weighted by atomic mass is 9.77. The molecule has 0 radical (unpaired) electrons. The molecule has 0 unspecified atom stereocenters. The molecule has 0 fully saturated rings. The van der Waals surface area contributed by atoms with Crippen LogP contribution >= 0.6 is 0 Å². The lowest BCUT2D eigenvalue weighted by Crippen LogP contribution is -2.48. The van der Waals surface area contributed by atoms with Crippen molar-refractivity contribution in [2.75, 3.05) is 0 Å². The summed E-state index contributed by atoms with van der Waals surface area (Å²) < 4.78 is 6.90. The Morgan fingerprint density at radius 2 is 1.61 bits per heavy atom. The average molecular weight is 339 g/mol. The quantitative estimate of drug-likeness (QED) is 0.507. The highest BCUT2D eigenvalue weighted by Crippen LogP contribution is 2.46. The van der Waals surface area contributed by atoms with Crippen LogP contribution in [0.2, 0.25) is 16.6 Å². The van der Waals surface area contributed by atoms with Gasteiger partial charge in [-0.05, 0) is 35.0 Å². The van der Waals surface area contributed by atoms with Crippen molar-refractivity contribution in [1.82, 2.24) is 0 Å². The van der Waals surface area contributed by atoms with E-state index in [0.29, 0.717) is 40.7 Å². The van der Waals surface area contributed by atoms with Crippen molar-refractivity contribution in [3.63, 3.8) is 0 Å². The zero-order valence-electron chi connectivity index (χ0n) is 16.8. The molecule has 1 aliphatic rings. The molecular weight excluding hydrogens is 300 g/mol. The van der Waals surface area contributed by atoms with Gasteiger partial charge in [0.25, 0.3) is 8.32 Å². The number of rotatable bonds is 7. The molecule has 23 heavy (non-hydrogen) atoms. The van der Waals surface area contributed by atoms with Gasteiger partial charge in [0.2, 0.25) is 0 Å². The van der Waals surface area contributed by atoms with E-state index in [-0.39, 0.29) is 5.92 Å². The molecule has 0 spiro atoms. The first-order valence-electron chi connectivity index (χ1n) is 9.51. The summed E-state index contributed by atoms with van der Waals surface area (Å²) in [5.74, 6) is 2.40. The molecule has 0 heterocycles. The molecular formula is C20H38O2Si. The Labute approximate surface area is 145 Å². The molecule has 1 aliphatic carbocycles. The first-order chi connectivity index (χ1) is 10.6. The Hall–Kier alpha value is -0.573. The molecule has 3 heteroatoms. The van der Waals surface area contributed by atoms with Crippen LogP contribution in [0.4, 0.5) is 0 Å². The molecule has 134 valence electrons. The Kier molecular flexibility index (Phi) is 7.12. The highest BCUT2D eigenvalue weighted by molar-refractivity contribution is 6.77. The van der Waals surface area contributed by atoms with Gasteiger partial charge in [0.05, 0.1) is 5.76 Å². The van der Waals surface area contributed by atoms with Gasteiger partial charge in [0, 0.05) is 18.3 Å². The largest absolute Gasteiger partial charge is 0.546 e. The summed E-state index contributed by atoms with van der Waals surface area (Å²) >= 11 is 0. The molecule has 0 saturated carbocycles. The number of hydrogen-bond donors (Lipinski definition) is 0. The van der Waals surface area contributed by atoms with Crippen molar-refractivity contribution < 1.29 is 9.22 Å². The SMILES string of the molecule is CCC(=O)[C@@H]1C[C@H](C)C(O[Si](C(C)C)(C(C)C)C(C)C)=C[C@@H]1C. The van der Waals surface area contributed by atoms with E-state index >= 15 is 0 Å². The number of hydrogen-bond acceptors (Lipinski definition) is 2. The molecule has 0 aliphatic heterocycles.